The first-order valence-electron chi connectivity index (χ1n) is 9.49. The lowest BCUT2D eigenvalue weighted by molar-refractivity contribution is -0.123. The number of nitrogens with zero attached hydrogens (tertiary/aromatic N) is 1. The zero-order valence-electron chi connectivity index (χ0n) is 17.3. The molecule has 1 N–H and O–H groups in total. The maximum Gasteiger partial charge on any atom is 0.338 e. The summed E-state index contributed by atoms with van der Waals surface area (Å²) >= 11 is 6.08. The number of carbonyl (C=O) groups is 2. The second-order valence-corrected chi connectivity index (χ2v) is 8.90. The van der Waals surface area contributed by atoms with Gasteiger partial charge < -0.3 is 10.1 Å². The van der Waals surface area contributed by atoms with Crippen molar-refractivity contribution < 1.29 is 22.7 Å². The lowest BCUT2D eigenvalue weighted by Gasteiger charge is -2.20. The molecule has 0 aromatic heterocycles. The van der Waals surface area contributed by atoms with Crippen LogP contribution >= 0.6 is 11.6 Å². The average Bonchev–Trinajstić information content (AvgIpc) is 2.70. The third-order valence-corrected chi connectivity index (χ3v) is 7.08. The summed E-state index contributed by atoms with van der Waals surface area (Å²) in [5, 5.41) is 2.71. The number of sulfonamides is 1. The van der Waals surface area contributed by atoms with Crippen molar-refractivity contribution >= 4 is 39.2 Å². The highest BCUT2D eigenvalue weighted by molar-refractivity contribution is 7.89. The van der Waals surface area contributed by atoms with E-state index in [0.29, 0.717) is 5.69 Å². The van der Waals surface area contributed by atoms with Gasteiger partial charge in [-0.15, -0.1) is 0 Å². The lowest BCUT2D eigenvalue weighted by Crippen LogP contribution is -2.31. The van der Waals surface area contributed by atoms with Crippen molar-refractivity contribution in [2.24, 2.45) is 0 Å². The summed E-state index contributed by atoms with van der Waals surface area (Å²) in [4.78, 5) is 24.7. The van der Waals surface area contributed by atoms with Crippen molar-refractivity contribution in [2.45, 2.75) is 38.7 Å². The molecule has 0 saturated carbocycles. The SMILES string of the molecule is CCN(CC)S(=O)(=O)c1cc(C(=O)O[C@@H](C)C(=O)Nc2ccccc2C)ccc1Cl. The molecule has 0 aliphatic carbocycles. The molecule has 7 nitrogen and oxygen atoms in total. The van der Waals surface area contributed by atoms with Crippen molar-refractivity contribution in [1.82, 2.24) is 4.31 Å². The van der Waals surface area contributed by atoms with Gasteiger partial charge in [-0.1, -0.05) is 43.6 Å². The fraction of sp³-hybridized carbons (Fsp3) is 0.333. The predicted molar refractivity (Wildman–Crippen MR) is 116 cm³/mol. The van der Waals surface area contributed by atoms with E-state index in [4.69, 9.17) is 16.3 Å². The van der Waals surface area contributed by atoms with Crippen LogP contribution in [0.5, 0.6) is 0 Å². The zero-order chi connectivity index (χ0) is 22.5. The molecule has 0 aliphatic rings. The molecular formula is C21H25ClN2O5S. The molecule has 0 unspecified atom stereocenters. The minimum Gasteiger partial charge on any atom is -0.449 e. The van der Waals surface area contributed by atoms with E-state index in [-0.39, 0.29) is 28.6 Å². The molecule has 2 rings (SSSR count). The van der Waals surface area contributed by atoms with Crippen molar-refractivity contribution in [3.8, 4) is 0 Å². The Hall–Kier alpha value is -2.42. The Balaban J connectivity index is 2.19. The molecule has 2 aromatic carbocycles. The summed E-state index contributed by atoms with van der Waals surface area (Å²) in [6.07, 6.45) is -1.09. The number of anilines is 1. The van der Waals surface area contributed by atoms with Crippen LogP contribution in [0.4, 0.5) is 5.69 Å². The van der Waals surface area contributed by atoms with Crippen LogP contribution in [0, 0.1) is 6.92 Å². The number of nitrogens with one attached hydrogen (secondary N) is 1. The van der Waals surface area contributed by atoms with Gasteiger partial charge in [0.2, 0.25) is 10.0 Å². The highest BCUT2D eigenvalue weighted by Crippen LogP contribution is 2.26. The molecule has 9 heteroatoms. The number of aryl methyl sites for hydroxylation is 1. The Kier molecular flexibility index (Phi) is 8.00. The molecule has 0 spiro atoms. The molecule has 0 aliphatic heterocycles. The number of rotatable bonds is 8. The van der Waals surface area contributed by atoms with E-state index in [2.05, 4.69) is 5.32 Å². The molecule has 2 aromatic rings. The minimum atomic E-state index is -3.86. The van der Waals surface area contributed by atoms with Gasteiger partial charge in [-0.25, -0.2) is 13.2 Å². The molecule has 30 heavy (non-hydrogen) atoms. The third kappa shape index (κ3) is 5.38. The standard InChI is InChI=1S/C21H25ClN2O5S/c1-5-24(6-2)30(27,28)19-13-16(11-12-17(19)22)21(26)29-15(4)20(25)23-18-10-8-7-9-14(18)3/h7-13,15H,5-6H2,1-4H3,(H,23,25)/t15-/m0/s1. The first kappa shape index (κ1) is 23.9. The molecule has 1 atom stereocenters. The highest BCUT2D eigenvalue weighted by atomic mass is 35.5. The quantitative estimate of drug-likeness (QED) is 0.614. The summed E-state index contributed by atoms with van der Waals surface area (Å²) in [5.74, 6) is -1.32. The van der Waals surface area contributed by atoms with Crippen LogP contribution in [0.15, 0.2) is 47.4 Å². The molecule has 1 amide bonds. The van der Waals surface area contributed by atoms with E-state index in [0.717, 1.165) is 5.56 Å². The van der Waals surface area contributed by atoms with Gasteiger partial charge >= 0.3 is 5.97 Å². The van der Waals surface area contributed by atoms with Crippen LogP contribution < -0.4 is 5.32 Å². The molecule has 162 valence electrons. The topological polar surface area (TPSA) is 92.8 Å². The molecule has 0 heterocycles. The van der Waals surface area contributed by atoms with E-state index in [9.17, 15) is 18.0 Å². The fourth-order valence-electron chi connectivity index (χ4n) is 2.76. The smallest absolute Gasteiger partial charge is 0.338 e. The normalized spacial score (nSPS) is 12.5. The molecule has 0 saturated heterocycles. The third-order valence-electron chi connectivity index (χ3n) is 4.55. The van der Waals surface area contributed by atoms with E-state index >= 15 is 0 Å². The number of benzene rings is 2. The van der Waals surface area contributed by atoms with Crippen LogP contribution in [0.1, 0.15) is 36.7 Å². The monoisotopic (exact) mass is 452 g/mol. The molecule has 0 radical (unpaired) electrons. The summed E-state index contributed by atoms with van der Waals surface area (Å²) < 4.78 is 32.0. The van der Waals surface area contributed by atoms with Gasteiger partial charge in [0.15, 0.2) is 6.10 Å². The Bertz CT molecular complexity index is 1040. The van der Waals surface area contributed by atoms with E-state index < -0.39 is 28.0 Å². The van der Waals surface area contributed by atoms with E-state index in [1.54, 1.807) is 26.0 Å². The van der Waals surface area contributed by atoms with Gasteiger partial charge in [-0.2, -0.15) is 4.31 Å². The number of hydrogen-bond acceptors (Lipinski definition) is 5. The number of ether oxygens (including phenoxy) is 1. The summed E-state index contributed by atoms with van der Waals surface area (Å²) in [6.45, 7) is 7.23. The molecule has 0 fully saturated rings. The Morgan fingerprint density at radius 2 is 1.77 bits per heavy atom. The van der Waals surface area contributed by atoms with Crippen LogP contribution in [0.3, 0.4) is 0 Å². The Labute approximate surface area is 182 Å². The number of amides is 1. The Morgan fingerprint density at radius 1 is 1.13 bits per heavy atom. The second kappa shape index (κ2) is 10.1. The zero-order valence-corrected chi connectivity index (χ0v) is 18.9. The number of para-hydroxylation sites is 1. The van der Waals surface area contributed by atoms with Crippen molar-refractivity contribution in [1.29, 1.82) is 0 Å². The highest BCUT2D eigenvalue weighted by Gasteiger charge is 2.27. The lowest BCUT2D eigenvalue weighted by atomic mass is 10.2. The fourth-order valence-corrected chi connectivity index (χ4v) is 4.72. The van der Waals surface area contributed by atoms with Crippen LogP contribution in [0.2, 0.25) is 5.02 Å². The van der Waals surface area contributed by atoms with Gasteiger partial charge in [-0.3, -0.25) is 4.79 Å². The number of carbonyl (C=O) groups excluding carboxylic acids is 2. The van der Waals surface area contributed by atoms with E-state index in [1.165, 1.54) is 29.4 Å². The van der Waals surface area contributed by atoms with Crippen LogP contribution in [-0.4, -0.2) is 43.8 Å². The van der Waals surface area contributed by atoms with E-state index in [1.807, 2.05) is 19.1 Å². The minimum absolute atomic E-state index is 0.00351. The summed E-state index contributed by atoms with van der Waals surface area (Å²) in [7, 11) is -3.86. The maximum atomic E-state index is 12.8. The van der Waals surface area contributed by atoms with Gasteiger partial charge in [0.05, 0.1) is 10.6 Å². The predicted octanol–water partition coefficient (Wildman–Crippen LogP) is 3.86. The summed E-state index contributed by atoms with van der Waals surface area (Å²) in [6, 6.07) is 11.1. The number of hydrogen-bond donors (Lipinski definition) is 1. The maximum absolute atomic E-state index is 12.8. The first-order valence-corrected chi connectivity index (χ1v) is 11.3. The van der Waals surface area contributed by atoms with Crippen LogP contribution in [-0.2, 0) is 19.6 Å². The second-order valence-electron chi connectivity index (χ2n) is 6.59. The molecule has 0 bridgehead atoms. The summed E-state index contributed by atoms with van der Waals surface area (Å²) in [5.41, 5.74) is 1.47. The number of esters is 1. The van der Waals surface area contributed by atoms with Gasteiger partial charge in [0.25, 0.3) is 5.91 Å². The van der Waals surface area contributed by atoms with Gasteiger partial charge in [0, 0.05) is 18.8 Å². The van der Waals surface area contributed by atoms with Gasteiger partial charge in [-0.05, 0) is 43.7 Å². The van der Waals surface area contributed by atoms with Crippen LogP contribution in [0.25, 0.3) is 0 Å². The average molecular weight is 453 g/mol. The molecular weight excluding hydrogens is 428 g/mol. The van der Waals surface area contributed by atoms with Crippen molar-refractivity contribution in [3.63, 3.8) is 0 Å². The first-order chi connectivity index (χ1) is 14.1. The largest absolute Gasteiger partial charge is 0.449 e. The Morgan fingerprint density at radius 3 is 2.37 bits per heavy atom. The number of halogens is 1. The van der Waals surface area contributed by atoms with Gasteiger partial charge in [0.1, 0.15) is 4.90 Å². The van der Waals surface area contributed by atoms with Crippen molar-refractivity contribution in [3.05, 3.63) is 58.6 Å². The van der Waals surface area contributed by atoms with Crippen molar-refractivity contribution in [2.75, 3.05) is 18.4 Å².